The molecular formula is C14H20N2O3. The summed E-state index contributed by atoms with van der Waals surface area (Å²) in [6.45, 7) is 0.552. The molecule has 104 valence electrons. The second-order valence-electron chi connectivity index (χ2n) is 4.92. The number of rotatable bonds is 4. The van der Waals surface area contributed by atoms with E-state index < -0.39 is 0 Å². The van der Waals surface area contributed by atoms with Gasteiger partial charge in [-0.15, -0.1) is 0 Å². The van der Waals surface area contributed by atoms with Crippen LogP contribution in [0.5, 0.6) is 11.5 Å². The highest BCUT2D eigenvalue weighted by Gasteiger charge is 2.24. The number of phenolic OH excluding ortho intramolecular Hbond substituents is 1. The van der Waals surface area contributed by atoms with E-state index in [9.17, 15) is 9.90 Å². The van der Waals surface area contributed by atoms with Gasteiger partial charge in [0.2, 0.25) is 0 Å². The summed E-state index contributed by atoms with van der Waals surface area (Å²) in [5, 5.41) is 12.7. The minimum atomic E-state index is -0.296. The first-order valence-corrected chi connectivity index (χ1v) is 6.53. The third-order valence-electron chi connectivity index (χ3n) is 3.71. The molecular weight excluding hydrogens is 244 g/mol. The fraction of sp³-hybridized carbons (Fsp3) is 0.500. The van der Waals surface area contributed by atoms with Crippen molar-refractivity contribution >= 4 is 5.91 Å². The molecule has 5 heteroatoms. The lowest BCUT2D eigenvalue weighted by atomic mass is 10.0. The van der Waals surface area contributed by atoms with Gasteiger partial charge in [-0.3, -0.25) is 4.79 Å². The molecule has 1 aliphatic carbocycles. The number of carbonyl (C=O) groups is 1. The molecule has 0 heterocycles. The van der Waals surface area contributed by atoms with E-state index in [4.69, 9.17) is 10.5 Å². The Hall–Kier alpha value is -1.75. The van der Waals surface area contributed by atoms with Crippen molar-refractivity contribution in [3.63, 3.8) is 0 Å². The molecule has 0 saturated heterocycles. The molecule has 0 radical (unpaired) electrons. The molecule has 5 nitrogen and oxygen atoms in total. The van der Waals surface area contributed by atoms with Crippen molar-refractivity contribution in [1.82, 2.24) is 5.32 Å². The van der Waals surface area contributed by atoms with E-state index in [1.54, 1.807) is 18.2 Å². The summed E-state index contributed by atoms with van der Waals surface area (Å²) in [5.41, 5.74) is 6.19. The molecule has 2 unspecified atom stereocenters. The van der Waals surface area contributed by atoms with Crippen LogP contribution in [-0.2, 0) is 0 Å². The summed E-state index contributed by atoms with van der Waals surface area (Å²) in [5.74, 6) is 0.204. The number of phenols is 1. The van der Waals surface area contributed by atoms with E-state index in [1.165, 1.54) is 7.11 Å². The molecule has 0 aromatic heterocycles. The summed E-state index contributed by atoms with van der Waals surface area (Å²) in [7, 11) is 1.45. The van der Waals surface area contributed by atoms with E-state index in [1.807, 2.05) is 0 Å². The lowest BCUT2D eigenvalue weighted by Crippen LogP contribution is -2.36. The van der Waals surface area contributed by atoms with E-state index >= 15 is 0 Å². The topological polar surface area (TPSA) is 84.6 Å². The van der Waals surface area contributed by atoms with Gasteiger partial charge in [0, 0.05) is 12.6 Å². The average Bonchev–Trinajstić information content (AvgIpc) is 2.82. The minimum absolute atomic E-state index is 0.127. The first-order valence-electron chi connectivity index (χ1n) is 6.53. The van der Waals surface area contributed by atoms with Crippen LogP contribution in [0.25, 0.3) is 0 Å². The van der Waals surface area contributed by atoms with Gasteiger partial charge in [-0.2, -0.15) is 0 Å². The Labute approximate surface area is 112 Å². The maximum absolute atomic E-state index is 12.0. The molecule has 0 bridgehead atoms. The highest BCUT2D eigenvalue weighted by Crippen LogP contribution is 2.29. The fourth-order valence-corrected chi connectivity index (χ4v) is 2.51. The van der Waals surface area contributed by atoms with Gasteiger partial charge in [0.15, 0.2) is 11.5 Å². The van der Waals surface area contributed by atoms with Crippen LogP contribution >= 0.6 is 0 Å². The molecule has 1 aromatic rings. The van der Waals surface area contributed by atoms with Crippen molar-refractivity contribution in [2.75, 3.05) is 13.7 Å². The number of para-hydroxylation sites is 1. The highest BCUT2D eigenvalue weighted by atomic mass is 16.5. The van der Waals surface area contributed by atoms with Crippen molar-refractivity contribution < 1.29 is 14.6 Å². The standard InChI is InChI=1S/C14H20N2O3/c1-19-12-7-3-5-10(13(12)17)14(18)16-8-9-4-2-6-11(9)15/h3,5,7,9,11,17H,2,4,6,8,15H2,1H3,(H,16,18). The fourth-order valence-electron chi connectivity index (χ4n) is 2.51. The van der Waals surface area contributed by atoms with Crippen molar-refractivity contribution in [3.05, 3.63) is 23.8 Å². The van der Waals surface area contributed by atoms with Crippen LogP contribution in [0.2, 0.25) is 0 Å². The van der Waals surface area contributed by atoms with E-state index in [0.29, 0.717) is 18.2 Å². The Kier molecular flexibility index (Phi) is 4.27. The van der Waals surface area contributed by atoms with Crippen LogP contribution in [0.15, 0.2) is 18.2 Å². The van der Waals surface area contributed by atoms with Crippen molar-refractivity contribution in [2.45, 2.75) is 25.3 Å². The summed E-state index contributed by atoms with van der Waals surface area (Å²) in [6.07, 6.45) is 3.18. The monoisotopic (exact) mass is 264 g/mol. The van der Waals surface area contributed by atoms with Gasteiger partial charge in [0.1, 0.15) is 0 Å². The number of amides is 1. The van der Waals surface area contributed by atoms with Crippen LogP contribution in [0.1, 0.15) is 29.6 Å². The first-order chi connectivity index (χ1) is 9.13. The zero-order valence-corrected chi connectivity index (χ0v) is 11.1. The SMILES string of the molecule is COc1cccc(C(=O)NCC2CCCC2N)c1O. The van der Waals surface area contributed by atoms with Crippen molar-refractivity contribution in [3.8, 4) is 11.5 Å². The number of carbonyl (C=O) groups excluding carboxylic acids is 1. The third kappa shape index (κ3) is 2.98. The second kappa shape index (κ2) is 5.93. The maximum atomic E-state index is 12.0. The Balaban J connectivity index is 2.00. The quantitative estimate of drug-likeness (QED) is 0.764. The zero-order valence-electron chi connectivity index (χ0n) is 11.1. The van der Waals surface area contributed by atoms with Crippen LogP contribution < -0.4 is 15.8 Å². The smallest absolute Gasteiger partial charge is 0.255 e. The van der Waals surface area contributed by atoms with Gasteiger partial charge in [-0.25, -0.2) is 0 Å². The van der Waals surface area contributed by atoms with Crippen LogP contribution in [-0.4, -0.2) is 30.7 Å². The summed E-state index contributed by atoms with van der Waals surface area (Å²) < 4.78 is 4.98. The second-order valence-corrected chi connectivity index (χ2v) is 4.92. The molecule has 1 aliphatic rings. The van der Waals surface area contributed by atoms with E-state index in [0.717, 1.165) is 19.3 Å². The average molecular weight is 264 g/mol. The summed E-state index contributed by atoms with van der Waals surface area (Å²) in [6, 6.07) is 5.02. The van der Waals surface area contributed by atoms with Gasteiger partial charge in [-0.1, -0.05) is 12.5 Å². The van der Waals surface area contributed by atoms with Crippen molar-refractivity contribution in [1.29, 1.82) is 0 Å². The molecule has 0 aliphatic heterocycles. The molecule has 1 aromatic carbocycles. The van der Waals surface area contributed by atoms with Crippen LogP contribution in [0.4, 0.5) is 0 Å². The third-order valence-corrected chi connectivity index (χ3v) is 3.71. The van der Waals surface area contributed by atoms with Crippen molar-refractivity contribution in [2.24, 2.45) is 11.7 Å². The van der Waals surface area contributed by atoms with Gasteiger partial charge in [0.05, 0.1) is 12.7 Å². The molecule has 4 N–H and O–H groups in total. The normalized spacial score (nSPS) is 22.2. The van der Waals surface area contributed by atoms with E-state index in [-0.39, 0.29) is 23.3 Å². The number of methoxy groups -OCH3 is 1. The Bertz CT molecular complexity index is 462. The van der Waals surface area contributed by atoms with Crippen LogP contribution in [0.3, 0.4) is 0 Å². The number of nitrogens with two attached hydrogens (primary N) is 1. The van der Waals surface area contributed by atoms with Crippen LogP contribution in [0, 0.1) is 5.92 Å². The lowest BCUT2D eigenvalue weighted by Gasteiger charge is -2.16. The summed E-state index contributed by atoms with van der Waals surface area (Å²) >= 11 is 0. The van der Waals surface area contributed by atoms with E-state index in [2.05, 4.69) is 5.32 Å². The first kappa shape index (κ1) is 13.7. The molecule has 0 spiro atoms. The largest absolute Gasteiger partial charge is 0.504 e. The number of hydrogen-bond donors (Lipinski definition) is 3. The predicted octanol–water partition coefficient (Wildman–Crippen LogP) is 1.26. The van der Waals surface area contributed by atoms with Gasteiger partial charge >= 0.3 is 0 Å². The lowest BCUT2D eigenvalue weighted by molar-refractivity contribution is 0.0943. The molecule has 2 atom stereocenters. The predicted molar refractivity (Wildman–Crippen MR) is 72.3 cm³/mol. The van der Waals surface area contributed by atoms with Gasteiger partial charge in [0.25, 0.3) is 5.91 Å². The molecule has 1 amide bonds. The Morgan fingerprint density at radius 3 is 2.95 bits per heavy atom. The zero-order chi connectivity index (χ0) is 13.8. The number of benzene rings is 1. The molecule has 1 fully saturated rings. The number of nitrogens with one attached hydrogen (secondary N) is 1. The minimum Gasteiger partial charge on any atom is -0.504 e. The molecule has 1 saturated carbocycles. The van der Waals surface area contributed by atoms with Gasteiger partial charge < -0.3 is 20.9 Å². The Morgan fingerprint density at radius 2 is 2.32 bits per heavy atom. The molecule has 19 heavy (non-hydrogen) atoms. The maximum Gasteiger partial charge on any atom is 0.255 e. The number of hydrogen-bond acceptors (Lipinski definition) is 4. The highest BCUT2D eigenvalue weighted by molar-refractivity contribution is 5.97. The Morgan fingerprint density at radius 1 is 1.53 bits per heavy atom. The number of ether oxygens (including phenoxy) is 1. The summed E-state index contributed by atoms with van der Waals surface area (Å²) in [4.78, 5) is 12.0. The molecule has 2 rings (SSSR count). The number of aromatic hydroxyl groups is 1. The van der Waals surface area contributed by atoms with Gasteiger partial charge in [-0.05, 0) is 30.9 Å².